The van der Waals surface area contributed by atoms with E-state index in [1.165, 1.54) is 38.4 Å². The normalized spacial score (nSPS) is 16.7. The first-order valence-corrected chi connectivity index (χ1v) is 12.9. The van der Waals surface area contributed by atoms with E-state index in [1.807, 2.05) is 4.90 Å². The van der Waals surface area contributed by atoms with Gasteiger partial charge in [-0.15, -0.1) is 0 Å². The molecule has 0 radical (unpaired) electrons. The van der Waals surface area contributed by atoms with Crippen LogP contribution in [0, 0.1) is 5.41 Å². The molecule has 0 unspecified atom stereocenters. The van der Waals surface area contributed by atoms with Crippen LogP contribution in [0.25, 0.3) is 0 Å². The molecular weight excluding hydrogens is 454 g/mol. The predicted molar refractivity (Wildman–Crippen MR) is 122 cm³/mol. The van der Waals surface area contributed by atoms with Gasteiger partial charge in [0.25, 0.3) is 10.0 Å². The number of aliphatic carboxylic acids is 1. The van der Waals surface area contributed by atoms with Crippen molar-refractivity contribution in [3.05, 3.63) is 48.5 Å². The SMILES string of the molecule is CN(C)S(=O)(=O)c1ccc(S(=O)(=O)Nc2ccccc2N2CCC(C)(C(=O)O)CC2)cc1. The Morgan fingerprint density at radius 1 is 0.969 bits per heavy atom. The summed E-state index contributed by atoms with van der Waals surface area (Å²) in [6.07, 6.45) is 0.899. The van der Waals surface area contributed by atoms with Crippen LogP contribution in [0.15, 0.2) is 58.3 Å². The molecule has 3 rings (SSSR count). The predicted octanol–water partition coefficient (Wildman–Crippen LogP) is 2.43. The fourth-order valence-corrected chi connectivity index (χ4v) is 5.47. The monoisotopic (exact) mass is 481 g/mol. The molecule has 0 atom stereocenters. The third-order valence-corrected chi connectivity index (χ3v) is 9.00. The number of rotatable bonds is 7. The van der Waals surface area contributed by atoms with Gasteiger partial charge in [-0.3, -0.25) is 9.52 Å². The van der Waals surface area contributed by atoms with Gasteiger partial charge in [-0.1, -0.05) is 12.1 Å². The molecule has 0 spiro atoms. The van der Waals surface area contributed by atoms with Gasteiger partial charge in [0.2, 0.25) is 10.0 Å². The Kier molecular flexibility index (Phi) is 6.55. The van der Waals surface area contributed by atoms with Gasteiger partial charge in [0.15, 0.2) is 0 Å². The molecule has 0 saturated carbocycles. The summed E-state index contributed by atoms with van der Waals surface area (Å²) in [7, 11) is -4.84. The number of para-hydroxylation sites is 2. The average molecular weight is 482 g/mol. The highest BCUT2D eigenvalue weighted by Crippen LogP contribution is 2.36. The van der Waals surface area contributed by atoms with E-state index in [2.05, 4.69) is 4.72 Å². The molecule has 0 bridgehead atoms. The third-order valence-electron chi connectivity index (χ3n) is 5.78. The number of carboxylic acids is 1. The number of hydrogen-bond donors (Lipinski definition) is 2. The number of carboxylic acid groups (broad SMARTS) is 1. The Hall–Kier alpha value is -2.63. The van der Waals surface area contributed by atoms with Crippen LogP contribution in [0.1, 0.15) is 19.8 Å². The first-order chi connectivity index (χ1) is 14.9. The first-order valence-electron chi connectivity index (χ1n) is 10.00. The summed E-state index contributed by atoms with van der Waals surface area (Å²) in [5.74, 6) is -0.828. The molecule has 0 amide bonds. The van der Waals surface area contributed by atoms with E-state index in [0.717, 1.165) is 4.31 Å². The molecule has 174 valence electrons. The minimum Gasteiger partial charge on any atom is -0.481 e. The highest BCUT2D eigenvalue weighted by atomic mass is 32.2. The number of benzene rings is 2. The van der Waals surface area contributed by atoms with Crippen molar-refractivity contribution in [1.82, 2.24) is 4.31 Å². The second kappa shape index (κ2) is 8.72. The number of nitrogens with zero attached hydrogens (tertiary/aromatic N) is 2. The summed E-state index contributed by atoms with van der Waals surface area (Å²) in [5.41, 5.74) is 0.242. The van der Waals surface area contributed by atoms with E-state index < -0.39 is 31.4 Å². The van der Waals surface area contributed by atoms with Crippen molar-refractivity contribution in [1.29, 1.82) is 0 Å². The zero-order valence-corrected chi connectivity index (χ0v) is 19.8. The van der Waals surface area contributed by atoms with Gasteiger partial charge in [-0.2, -0.15) is 0 Å². The number of piperidine rings is 1. The summed E-state index contributed by atoms with van der Waals surface area (Å²) in [6.45, 7) is 2.69. The number of hydrogen-bond acceptors (Lipinski definition) is 6. The van der Waals surface area contributed by atoms with Crippen LogP contribution in [0.3, 0.4) is 0 Å². The molecule has 9 nitrogen and oxygen atoms in total. The molecule has 1 heterocycles. The minimum absolute atomic E-state index is 0.00311. The Morgan fingerprint density at radius 2 is 1.50 bits per heavy atom. The van der Waals surface area contributed by atoms with Crippen LogP contribution >= 0.6 is 0 Å². The van der Waals surface area contributed by atoms with Crippen LogP contribution in [0.5, 0.6) is 0 Å². The zero-order valence-electron chi connectivity index (χ0n) is 18.1. The van der Waals surface area contributed by atoms with Crippen molar-refractivity contribution in [3.8, 4) is 0 Å². The van der Waals surface area contributed by atoms with Crippen LogP contribution in [-0.4, -0.2) is 59.4 Å². The maximum Gasteiger partial charge on any atom is 0.309 e. The van der Waals surface area contributed by atoms with Crippen LogP contribution in [0.4, 0.5) is 11.4 Å². The summed E-state index contributed by atoms with van der Waals surface area (Å²) in [4.78, 5) is 13.4. The summed E-state index contributed by atoms with van der Waals surface area (Å²) < 4.78 is 54.0. The molecule has 0 aliphatic carbocycles. The molecule has 2 N–H and O–H groups in total. The molecule has 1 saturated heterocycles. The highest BCUT2D eigenvalue weighted by Gasteiger charge is 2.37. The van der Waals surface area contributed by atoms with Gasteiger partial charge in [-0.25, -0.2) is 21.1 Å². The summed E-state index contributed by atoms with van der Waals surface area (Å²) in [6, 6.07) is 11.9. The Bertz CT molecular complexity index is 1200. The fourth-order valence-electron chi connectivity index (χ4n) is 3.50. The van der Waals surface area contributed by atoms with Crippen molar-refractivity contribution in [2.75, 3.05) is 36.8 Å². The fraction of sp³-hybridized carbons (Fsp3) is 0.381. The molecule has 1 fully saturated rings. The molecule has 11 heteroatoms. The van der Waals surface area contributed by atoms with E-state index in [9.17, 15) is 26.7 Å². The Morgan fingerprint density at radius 3 is 2.03 bits per heavy atom. The standard InChI is InChI=1S/C21H27N3O6S2/c1-21(20(25)26)12-14-24(15-13-21)19-7-5-4-6-18(19)22-31(27,28)16-8-10-17(11-9-16)32(29,30)23(2)3/h4-11,22H,12-15H2,1-3H3,(H,25,26). The van der Waals surface area contributed by atoms with E-state index in [4.69, 9.17) is 0 Å². The average Bonchev–Trinajstić information content (AvgIpc) is 2.74. The number of anilines is 2. The molecule has 0 aromatic heterocycles. The highest BCUT2D eigenvalue weighted by molar-refractivity contribution is 7.92. The van der Waals surface area contributed by atoms with Crippen molar-refractivity contribution >= 4 is 37.4 Å². The zero-order chi connectivity index (χ0) is 23.7. The van der Waals surface area contributed by atoms with Crippen LogP contribution in [-0.2, 0) is 24.8 Å². The van der Waals surface area contributed by atoms with Crippen molar-refractivity contribution in [2.45, 2.75) is 29.6 Å². The number of sulfonamides is 2. The van der Waals surface area contributed by atoms with E-state index in [-0.39, 0.29) is 9.79 Å². The number of nitrogens with one attached hydrogen (secondary N) is 1. The maximum absolute atomic E-state index is 13.0. The van der Waals surface area contributed by atoms with E-state index >= 15 is 0 Å². The lowest BCUT2D eigenvalue weighted by Gasteiger charge is -2.38. The topological polar surface area (TPSA) is 124 Å². The van der Waals surface area contributed by atoms with Gasteiger partial charge in [0.1, 0.15) is 0 Å². The van der Waals surface area contributed by atoms with Gasteiger partial charge in [-0.05, 0) is 56.2 Å². The summed E-state index contributed by atoms with van der Waals surface area (Å²) in [5, 5.41) is 9.44. The van der Waals surface area contributed by atoms with E-state index in [1.54, 1.807) is 31.2 Å². The Balaban J connectivity index is 1.83. The van der Waals surface area contributed by atoms with Crippen LogP contribution in [0.2, 0.25) is 0 Å². The first kappa shape index (κ1) is 24.0. The van der Waals surface area contributed by atoms with Gasteiger partial charge >= 0.3 is 5.97 Å². The lowest BCUT2D eigenvalue weighted by molar-refractivity contribution is -0.149. The second-order valence-corrected chi connectivity index (χ2v) is 12.1. The van der Waals surface area contributed by atoms with Crippen LogP contribution < -0.4 is 9.62 Å². The lowest BCUT2D eigenvalue weighted by atomic mass is 9.80. The largest absolute Gasteiger partial charge is 0.481 e. The lowest BCUT2D eigenvalue weighted by Crippen LogP contribution is -2.43. The maximum atomic E-state index is 13.0. The molecule has 2 aromatic carbocycles. The minimum atomic E-state index is -3.97. The van der Waals surface area contributed by atoms with Crippen molar-refractivity contribution in [3.63, 3.8) is 0 Å². The van der Waals surface area contributed by atoms with Gasteiger partial charge in [0, 0.05) is 27.2 Å². The second-order valence-electron chi connectivity index (χ2n) is 8.23. The molecule has 1 aliphatic heterocycles. The number of carbonyl (C=O) groups is 1. The van der Waals surface area contributed by atoms with E-state index in [0.29, 0.717) is 37.3 Å². The van der Waals surface area contributed by atoms with Gasteiger partial charge in [0.05, 0.1) is 26.6 Å². The third kappa shape index (κ3) is 4.74. The molecular formula is C21H27N3O6S2. The Labute approximate surface area is 188 Å². The quantitative estimate of drug-likeness (QED) is 0.622. The smallest absolute Gasteiger partial charge is 0.309 e. The molecule has 32 heavy (non-hydrogen) atoms. The van der Waals surface area contributed by atoms with Crippen molar-refractivity contribution < 1.29 is 26.7 Å². The summed E-state index contributed by atoms with van der Waals surface area (Å²) >= 11 is 0. The molecule has 1 aliphatic rings. The van der Waals surface area contributed by atoms with Crippen molar-refractivity contribution in [2.24, 2.45) is 5.41 Å². The molecule has 2 aromatic rings. The van der Waals surface area contributed by atoms with Gasteiger partial charge < -0.3 is 10.0 Å².